The second-order valence-electron chi connectivity index (χ2n) is 2.89. The lowest BCUT2D eigenvalue weighted by molar-refractivity contribution is -0.139. The number of aliphatic hydroxyl groups is 1. The van der Waals surface area contributed by atoms with E-state index in [4.69, 9.17) is 10.2 Å². The third kappa shape index (κ3) is 3.34. The van der Waals surface area contributed by atoms with Crippen LogP contribution < -0.4 is 5.32 Å². The van der Waals surface area contributed by atoms with Crippen molar-refractivity contribution >= 4 is 23.2 Å². The highest BCUT2D eigenvalue weighted by molar-refractivity contribution is 7.08. The smallest absolute Gasteiger partial charge is 0.326 e. The number of hydrogen-bond acceptors (Lipinski definition) is 4. The largest absolute Gasteiger partial charge is 0.480 e. The Balaban J connectivity index is 2.59. The third-order valence-electron chi connectivity index (χ3n) is 1.80. The van der Waals surface area contributed by atoms with E-state index < -0.39 is 17.9 Å². The first-order valence-electron chi connectivity index (χ1n) is 4.32. The molecule has 0 saturated carbocycles. The van der Waals surface area contributed by atoms with Gasteiger partial charge in [0.1, 0.15) is 6.04 Å². The molecule has 1 amide bonds. The number of thiophene rings is 1. The molecule has 0 aromatic carbocycles. The van der Waals surface area contributed by atoms with E-state index in [0.29, 0.717) is 5.56 Å². The van der Waals surface area contributed by atoms with E-state index in [1.807, 2.05) is 0 Å². The summed E-state index contributed by atoms with van der Waals surface area (Å²) in [6.07, 6.45) is 0.00517. The van der Waals surface area contributed by atoms with Crippen LogP contribution in [0, 0.1) is 0 Å². The van der Waals surface area contributed by atoms with Gasteiger partial charge in [0.15, 0.2) is 0 Å². The van der Waals surface area contributed by atoms with Crippen LogP contribution in [0.15, 0.2) is 16.8 Å². The lowest BCUT2D eigenvalue weighted by Gasteiger charge is -2.12. The Labute approximate surface area is 90.4 Å². The molecule has 82 valence electrons. The summed E-state index contributed by atoms with van der Waals surface area (Å²) >= 11 is 1.36. The molecule has 15 heavy (non-hydrogen) atoms. The molecule has 1 aromatic heterocycles. The van der Waals surface area contributed by atoms with Gasteiger partial charge in [-0.15, -0.1) is 0 Å². The molecule has 0 spiro atoms. The summed E-state index contributed by atoms with van der Waals surface area (Å²) < 4.78 is 0. The Hall–Kier alpha value is -1.40. The predicted molar refractivity (Wildman–Crippen MR) is 54.9 cm³/mol. The van der Waals surface area contributed by atoms with E-state index in [2.05, 4.69) is 5.32 Å². The van der Waals surface area contributed by atoms with Crippen molar-refractivity contribution in [1.29, 1.82) is 0 Å². The molecule has 0 fully saturated rings. The first-order valence-corrected chi connectivity index (χ1v) is 5.26. The van der Waals surface area contributed by atoms with Crippen LogP contribution in [0.2, 0.25) is 0 Å². The molecular weight excluding hydrogens is 218 g/mol. The van der Waals surface area contributed by atoms with Gasteiger partial charge >= 0.3 is 5.97 Å². The summed E-state index contributed by atoms with van der Waals surface area (Å²) in [5.41, 5.74) is 0.434. The molecule has 0 aliphatic carbocycles. The fourth-order valence-electron chi connectivity index (χ4n) is 1.02. The number of nitrogens with one attached hydrogen (secondary N) is 1. The molecule has 3 N–H and O–H groups in total. The number of carboxylic acids is 1. The van der Waals surface area contributed by atoms with Crippen LogP contribution in [0.5, 0.6) is 0 Å². The van der Waals surface area contributed by atoms with Crippen molar-refractivity contribution in [3.63, 3.8) is 0 Å². The first-order chi connectivity index (χ1) is 7.15. The Morgan fingerprint density at radius 1 is 1.53 bits per heavy atom. The third-order valence-corrected chi connectivity index (χ3v) is 2.49. The lowest BCUT2D eigenvalue weighted by Crippen LogP contribution is -2.41. The molecule has 0 bridgehead atoms. The Morgan fingerprint density at radius 2 is 2.27 bits per heavy atom. The summed E-state index contributed by atoms with van der Waals surface area (Å²) in [6, 6.07) is 0.570. The van der Waals surface area contributed by atoms with Gasteiger partial charge in [-0.2, -0.15) is 11.3 Å². The van der Waals surface area contributed by atoms with Gasteiger partial charge in [-0.1, -0.05) is 0 Å². The zero-order chi connectivity index (χ0) is 11.3. The number of hydrogen-bond donors (Lipinski definition) is 3. The van der Waals surface area contributed by atoms with Gasteiger partial charge < -0.3 is 15.5 Å². The number of amides is 1. The monoisotopic (exact) mass is 229 g/mol. The van der Waals surface area contributed by atoms with Crippen LogP contribution in [-0.4, -0.2) is 34.7 Å². The molecule has 6 heteroatoms. The van der Waals surface area contributed by atoms with Crippen molar-refractivity contribution in [2.24, 2.45) is 0 Å². The van der Waals surface area contributed by atoms with Crippen LogP contribution in [0.4, 0.5) is 0 Å². The molecular formula is C9H11NO4S. The maximum absolute atomic E-state index is 11.4. The van der Waals surface area contributed by atoms with Crippen LogP contribution in [0.3, 0.4) is 0 Å². The van der Waals surface area contributed by atoms with Gasteiger partial charge in [0.2, 0.25) is 0 Å². The number of aliphatic carboxylic acids is 1. The van der Waals surface area contributed by atoms with E-state index in [9.17, 15) is 9.59 Å². The van der Waals surface area contributed by atoms with E-state index in [1.54, 1.807) is 16.8 Å². The number of rotatable bonds is 5. The normalized spacial score (nSPS) is 12.1. The summed E-state index contributed by atoms with van der Waals surface area (Å²) in [6.45, 7) is -0.277. The highest BCUT2D eigenvalue weighted by atomic mass is 32.1. The van der Waals surface area contributed by atoms with Gasteiger partial charge in [-0.05, 0) is 11.4 Å². The minimum atomic E-state index is -1.15. The van der Waals surface area contributed by atoms with Gasteiger partial charge in [-0.3, -0.25) is 4.79 Å². The molecule has 0 aliphatic heterocycles. The lowest BCUT2D eigenvalue weighted by atomic mass is 10.2. The standard InChI is InChI=1S/C9H11NO4S/c11-3-1-7(9(13)14)10-8(12)6-2-4-15-5-6/h2,4-5,7,11H,1,3H2,(H,10,12)(H,13,14)/t7-/m1/s1. The van der Waals surface area contributed by atoms with Crippen LogP contribution in [-0.2, 0) is 4.79 Å². The number of carbonyl (C=O) groups is 2. The van der Waals surface area contributed by atoms with Gasteiger partial charge in [0.25, 0.3) is 5.91 Å². The van der Waals surface area contributed by atoms with E-state index in [1.165, 1.54) is 11.3 Å². The van der Waals surface area contributed by atoms with Crippen LogP contribution >= 0.6 is 11.3 Å². The molecule has 1 aromatic rings. The second-order valence-corrected chi connectivity index (χ2v) is 3.67. The molecule has 1 heterocycles. The maximum Gasteiger partial charge on any atom is 0.326 e. The van der Waals surface area contributed by atoms with Crippen molar-refractivity contribution in [2.45, 2.75) is 12.5 Å². The highest BCUT2D eigenvalue weighted by Gasteiger charge is 2.19. The number of carboxylic acid groups (broad SMARTS) is 1. The summed E-state index contributed by atoms with van der Waals surface area (Å²) in [4.78, 5) is 22.1. The first kappa shape index (κ1) is 11.7. The van der Waals surface area contributed by atoms with E-state index >= 15 is 0 Å². The van der Waals surface area contributed by atoms with Gasteiger partial charge in [0, 0.05) is 18.4 Å². The molecule has 1 rings (SSSR count). The number of aliphatic hydroxyl groups excluding tert-OH is 1. The predicted octanol–water partition coefficient (Wildman–Crippen LogP) is 0.313. The summed E-state index contributed by atoms with van der Waals surface area (Å²) in [5, 5.41) is 23.0. The fourth-order valence-corrected chi connectivity index (χ4v) is 1.66. The quantitative estimate of drug-likeness (QED) is 0.678. The van der Waals surface area contributed by atoms with E-state index in [-0.39, 0.29) is 13.0 Å². The zero-order valence-corrected chi connectivity index (χ0v) is 8.66. The van der Waals surface area contributed by atoms with Gasteiger partial charge in [-0.25, -0.2) is 4.79 Å². The summed E-state index contributed by atoms with van der Waals surface area (Å²) in [5.74, 6) is -1.58. The maximum atomic E-state index is 11.4. The van der Waals surface area contributed by atoms with Crippen LogP contribution in [0.25, 0.3) is 0 Å². The number of carbonyl (C=O) groups excluding carboxylic acids is 1. The minimum absolute atomic E-state index is 0.00517. The van der Waals surface area contributed by atoms with Crippen LogP contribution in [0.1, 0.15) is 16.8 Å². The fraction of sp³-hybridized carbons (Fsp3) is 0.333. The Morgan fingerprint density at radius 3 is 2.73 bits per heavy atom. The molecule has 0 saturated heterocycles. The SMILES string of the molecule is O=C(N[C@H](CCO)C(=O)O)c1ccsc1. The molecule has 1 atom stereocenters. The van der Waals surface area contributed by atoms with Crippen molar-refractivity contribution in [1.82, 2.24) is 5.32 Å². The Bertz CT molecular complexity index is 336. The zero-order valence-electron chi connectivity index (χ0n) is 7.84. The molecule has 0 aliphatic rings. The van der Waals surface area contributed by atoms with Gasteiger partial charge in [0.05, 0.1) is 5.56 Å². The highest BCUT2D eigenvalue weighted by Crippen LogP contribution is 2.06. The summed E-state index contributed by atoms with van der Waals surface area (Å²) in [7, 11) is 0. The second kappa shape index (κ2) is 5.47. The van der Waals surface area contributed by atoms with Crippen molar-refractivity contribution in [3.05, 3.63) is 22.4 Å². The molecule has 0 unspecified atom stereocenters. The van der Waals surface area contributed by atoms with Crippen molar-refractivity contribution in [3.8, 4) is 0 Å². The minimum Gasteiger partial charge on any atom is -0.480 e. The van der Waals surface area contributed by atoms with E-state index in [0.717, 1.165) is 0 Å². The molecule has 5 nitrogen and oxygen atoms in total. The average molecular weight is 229 g/mol. The van der Waals surface area contributed by atoms with Crippen molar-refractivity contribution in [2.75, 3.05) is 6.61 Å². The topological polar surface area (TPSA) is 86.6 Å². The van der Waals surface area contributed by atoms with Crippen molar-refractivity contribution < 1.29 is 19.8 Å². The molecule has 0 radical (unpaired) electrons. The average Bonchev–Trinajstić information content (AvgIpc) is 2.69. The Kier molecular flexibility index (Phi) is 4.26.